The molecule has 6 heteroatoms. The number of hydrogen-bond acceptors (Lipinski definition) is 3. The van der Waals surface area contributed by atoms with Gasteiger partial charge in [-0.15, -0.1) is 0 Å². The summed E-state index contributed by atoms with van der Waals surface area (Å²) in [6, 6.07) is 10.1. The molecule has 25 heavy (non-hydrogen) atoms. The maximum absolute atomic E-state index is 12.3. The lowest BCUT2D eigenvalue weighted by Crippen LogP contribution is -2.56. The molecule has 0 saturated carbocycles. The summed E-state index contributed by atoms with van der Waals surface area (Å²) in [4.78, 5) is 39.0. The summed E-state index contributed by atoms with van der Waals surface area (Å²) in [6.45, 7) is 2.43. The standard InChI is InChI=1S/C19H25N3O3/c20-17(24)18(25)22-11-4-9-19(14-22)10-7-16(23)21(13-19)12-8-15-5-2-1-3-6-15/h1-3,5-6H,4,7-14H2,(H2,20,24). The minimum atomic E-state index is -0.898. The van der Waals surface area contributed by atoms with Crippen LogP contribution < -0.4 is 5.73 Å². The molecular formula is C19H25N3O3. The summed E-state index contributed by atoms with van der Waals surface area (Å²) in [7, 11) is 0. The Hall–Kier alpha value is -2.37. The van der Waals surface area contributed by atoms with Gasteiger partial charge in [0.1, 0.15) is 0 Å². The molecule has 0 aromatic heterocycles. The van der Waals surface area contributed by atoms with Crippen molar-refractivity contribution in [2.45, 2.75) is 32.1 Å². The quantitative estimate of drug-likeness (QED) is 0.829. The van der Waals surface area contributed by atoms with E-state index in [0.29, 0.717) is 32.6 Å². The van der Waals surface area contributed by atoms with E-state index in [0.717, 1.165) is 25.7 Å². The number of rotatable bonds is 3. The molecule has 2 fully saturated rings. The van der Waals surface area contributed by atoms with Crippen LogP contribution in [-0.2, 0) is 20.8 Å². The molecular weight excluding hydrogens is 318 g/mol. The molecule has 134 valence electrons. The van der Waals surface area contributed by atoms with Crippen LogP contribution in [0.2, 0.25) is 0 Å². The summed E-state index contributed by atoms with van der Waals surface area (Å²) in [6.07, 6.45) is 3.93. The molecule has 2 heterocycles. The van der Waals surface area contributed by atoms with Crippen LogP contribution in [0.4, 0.5) is 0 Å². The Bertz CT molecular complexity index is 661. The van der Waals surface area contributed by atoms with Crippen LogP contribution in [0.3, 0.4) is 0 Å². The van der Waals surface area contributed by atoms with Gasteiger partial charge in [0, 0.05) is 38.0 Å². The third-order valence-electron chi connectivity index (χ3n) is 5.42. The first-order valence-electron chi connectivity index (χ1n) is 8.90. The third kappa shape index (κ3) is 4.00. The number of primary amides is 1. The first-order valence-corrected chi connectivity index (χ1v) is 8.90. The highest BCUT2D eigenvalue weighted by molar-refractivity contribution is 6.34. The normalized spacial score (nSPS) is 23.8. The molecule has 1 aromatic rings. The van der Waals surface area contributed by atoms with Crippen LogP contribution in [0.25, 0.3) is 0 Å². The lowest BCUT2D eigenvalue weighted by atomic mass is 9.73. The molecule has 2 saturated heterocycles. The SMILES string of the molecule is NC(=O)C(=O)N1CCCC2(CCC(=O)N(CCc3ccccc3)C2)C1. The van der Waals surface area contributed by atoms with Crippen molar-refractivity contribution in [3.63, 3.8) is 0 Å². The first kappa shape index (κ1) is 17.5. The predicted octanol–water partition coefficient (Wildman–Crippen LogP) is 0.946. The Morgan fingerprint density at radius 1 is 1.12 bits per heavy atom. The number of nitrogens with zero attached hydrogens (tertiary/aromatic N) is 2. The number of carbonyl (C=O) groups is 3. The van der Waals surface area contributed by atoms with Crippen LogP contribution in [0.1, 0.15) is 31.2 Å². The summed E-state index contributed by atoms with van der Waals surface area (Å²) in [5, 5.41) is 0. The number of piperidine rings is 2. The van der Waals surface area contributed by atoms with Crippen LogP contribution in [0, 0.1) is 5.41 Å². The van der Waals surface area contributed by atoms with E-state index >= 15 is 0 Å². The maximum Gasteiger partial charge on any atom is 0.311 e. The zero-order valence-electron chi connectivity index (χ0n) is 14.4. The van der Waals surface area contributed by atoms with Gasteiger partial charge in [0.2, 0.25) is 5.91 Å². The summed E-state index contributed by atoms with van der Waals surface area (Å²) in [5.74, 6) is -1.32. The van der Waals surface area contributed by atoms with Gasteiger partial charge < -0.3 is 15.5 Å². The largest absolute Gasteiger partial charge is 0.361 e. The third-order valence-corrected chi connectivity index (χ3v) is 5.42. The molecule has 1 spiro atoms. The second-order valence-electron chi connectivity index (χ2n) is 7.25. The zero-order valence-corrected chi connectivity index (χ0v) is 14.4. The van der Waals surface area contributed by atoms with E-state index in [2.05, 4.69) is 12.1 Å². The Kier molecular flexibility index (Phi) is 5.06. The second-order valence-corrected chi connectivity index (χ2v) is 7.25. The second kappa shape index (κ2) is 7.25. The molecule has 2 aliphatic rings. The van der Waals surface area contributed by atoms with E-state index in [1.165, 1.54) is 5.56 Å². The molecule has 3 amide bonds. The highest BCUT2D eigenvalue weighted by Gasteiger charge is 2.43. The fourth-order valence-corrected chi connectivity index (χ4v) is 4.09. The highest BCUT2D eigenvalue weighted by Crippen LogP contribution is 2.38. The fourth-order valence-electron chi connectivity index (χ4n) is 4.09. The van der Waals surface area contributed by atoms with Crippen molar-refractivity contribution in [3.05, 3.63) is 35.9 Å². The van der Waals surface area contributed by atoms with Gasteiger partial charge in [-0.05, 0) is 31.2 Å². The fraction of sp³-hybridized carbons (Fsp3) is 0.526. The minimum Gasteiger partial charge on any atom is -0.361 e. The molecule has 0 bridgehead atoms. The van der Waals surface area contributed by atoms with Crippen LogP contribution in [-0.4, -0.2) is 53.7 Å². The maximum atomic E-state index is 12.3. The van der Waals surface area contributed by atoms with Crippen molar-refractivity contribution < 1.29 is 14.4 Å². The van der Waals surface area contributed by atoms with Gasteiger partial charge in [0.15, 0.2) is 0 Å². The van der Waals surface area contributed by atoms with Crippen molar-refractivity contribution >= 4 is 17.7 Å². The van der Waals surface area contributed by atoms with Crippen molar-refractivity contribution in [2.75, 3.05) is 26.2 Å². The van der Waals surface area contributed by atoms with E-state index in [1.807, 2.05) is 23.1 Å². The lowest BCUT2D eigenvalue weighted by Gasteiger charge is -2.48. The van der Waals surface area contributed by atoms with Gasteiger partial charge >= 0.3 is 11.8 Å². The monoisotopic (exact) mass is 343 g/mol. The van der Waals surface area contributed by atoms with Gasteiger partial charge in [-0.25, -0.2) is 0 Å². The van der Waals surface area contributed by atoms with Gasteiger partial charge in [-0.2, -0.15) is 0 Å². The van der Waals surface area contributed by atoms with E-state index in [9.17, 15) is 14.4 Å². The molecule has 0 aliphatic carbocycles. The summed E-state index contributed by atoms with van der Waals surface area (Å²) < 4.78 is 0. The van der Waals surface area contributed by atoms with E-state index < -0.39 is 11.8 Å². The average molecular weight is 343 g/mol. The molecule has 3 rings (SSSR count). The molecule has 1 aromatic carbocycles. The number of amides is 3. The lowest BCUT2D eigenvalue weighted by molar-refractivity contribution is -0.149. The Labute approximate surface area is 148 Å². The van der Waals surface area contributed by atoms with Crippen molar-refractivity contribution in [3.8, 4) is 0 Å². The molecule has 2 aliphatic heterocycles. The van der Waals surface area contributed by atoms with Crippen molar-refractivity contribution in [1.82, 2.24) is 9.80 Å². The molecule has 6 nitrogen and oxygen atoms in total. The highest BCUT2D eigenvalue weighted by atomic mass is 16.2. The van der Waals surface area contributed by atoms with Gasteiger partial charge in [0.05, 0.1) is 0 Å². The molecule has 1 unspecified atom stereocenters. The smallest absolute Gasteiger partial charge is 0.311 e. The minimum absolute atomic E-state index is 0.103. The summed E-state index contributed by atoms with van der Waals surface area (Å²) in [5.41, 5.74) is 6.26. The average Bonchev–Trinajstić information content (AvgIpc) is 2.63. The van der Waals surface area contributed by atoms with Crippen molar-refractivity contribution in [1.29, 1.82) is 0 Å². The van der Waals surface area contributed by atoms with E-state index in [-0.39, 0.29) is 11.3 Å². The molecule has 1 atom stereocenters. The molecule has 0 radical (unpaired) electrons. The van der Waals surface area contributed by atoms with Crippen LogP contribution in [0.5, 0.6) is 0 Å². The van der Waals surface area contributed by atoms with Gasteiger partial charge in [-0.1, -0.05) is 30.3 Å². The van der Waals surface area contributed by atoms with E-state index in [4.69, 9.17) is 5.73 Å². The van der Waals surface area contributed by atoms with Crippen LogP contribution >= 0.6 is 0 Å². The first-order chi connectivity index (χ1) is 12.0. The topological polar surface area (TPSA) is 83.7 Å². The van der Waals surface area contributed by atoms with Gasteiger partial charge in [-0.3, -0.25) is 14.4 Å². The summed E-state index contributed by atoms with van der Waals surface area (Å²) >= 11 is 0. The number of carbonyl (C=O) groups excluding carboxylic acids is 3. The number of likely N-dealkylation sites (tertiary alicyclic amines) is 2. The Morgan fingerprint density at radius 2 is 1.88 bits per heavy atom. The van der Waals surface area contributed by atoms with Gasteiger partial charge in [0.25, 0.3) is 0 Å². The van der Waals surface area contributed by atoms with E-state index in [1.54, 1.807) is 4.90 Å². The number of hydrogen-bond donors (Lipinski definition) is 1. The number of nitrogens with two attached hydrogens (primary N) is 1. The molecule has 2 N–H and O–H groups in total. The van der Waals surface area contributed by atoms with Crippen LogP contribution in [0.15, 0.2) is 30.3 Å². The number of benzene rings is 1. The predicted molar refractivity (Wildman–Crippen MR) is 93.4 cm³/mol. The Balaban J connectivity index is 1.65. The Morgan fingerprint density at radius 3 is 2.60 bits per heavy atom. The van der Waals surface area contributed by atoms with Crippen molar-refractivity contribution in [2.24, 2.45) is 11.1 Å². The zero-order chi connectivity index (χ0) is 17.9.